The van der Waals surface area contributed by atoms with E-state index in [-0.39, 0.29) is 29.1 Å². The van der Waals surface area contributed by atoms with Crippen LogP contribution in [-0.4, -0.2) is 32.5 Å². The number of nitrogens with one attached hydrogen (secondary N) is 3. The Balaban J connectivity index is 1.66. The van der Waals surface area contributed by atoms with Gasteiger partial charge in [0.25, 0.3) is 11.5 Å². The first-order valence-electron chi connectivity index (χ1n) is 8.66. The van der Waals surface area contributed by atoms with Gasteiger partial charge in [-0.3, -0.25) is 19.0 Å². The van der Waals surface area contributed by atoms with Crippen LogP contribution in [0.5, 0.6) is 0 Å². The number of nitrogens with zero attached hydrogens (tertiary/aromatic N) is 3. The van der Waals surface area contributed by atoms with Crippen LogP contribution >= 0.6 is 0 Å². The van der Waals surface area contributed by atoms with Crippen molar-refractivity contribution in [3.8, 4) is 0 Å². The first-order valence-corrected chi connectivity index (χ1v) is 8.66. The molecule has 2 aromatic heterocycles. The van der Waals surface area contributed by atoms with Crippen molar-refractivity contribution in [1.29, 1.82) is 0 Å². The maximum atomic E-state index is 13.5. The number of hydrogen-bond donors (Lipinski definition) is 3. The smallest absolute Gasteiger partial charge is 0.336 e. The van der Waals surface area contributed by atoms with Crippen molar-refractivity contribution in [2.75, 3.05) is 10.6 Å². The molecule has 29 heavy (non-hydrogen) atoms. The molecule has 1 atom stereocenters. The molecule has 0 spiro atoms. The van der Waals surface area contributed by atoms with E-state index in [0.717, 1.165) is 25.2 Å². The van der Waals surface area contributed by atoms with Gasteiger partial charge in [-0.15, -0.1) is 0 Å². The molecule has 0 saturated heterocycles. The third-order valence-corrected chi connectivity index (χ3v) is 4.80. The molecule has 3 N–H and O–H groups in total. The second kappa shape index (κ2) is 6.29. The second-order valence-corrected chi connectivity index (χ2v) is 6.97. The molecule has 1 aliphatic heterocycles. The SMILES string of the molecule is CC1(C(F)(F)F)NC(=O)c2ccc(Nc3cc(NC(=O)C4CC4)ncn3)c(=O)n21. The summed E-state index contributed by atoms with van der Waals surface area (Å²) in [5.74, 6) is -0.946. The summed E-state index contributed by atoms with van der Waals surface area (Å²) in [5.41, 5.74) is -4.55. The zero-order valence-corrected chi connectivity index (χ0v) is 15.0. The molecular formula is C17H15F3N6O3. The van der Waals surface area contributed by atoms with Crippen LogP contribution in [-0.2, 0) is 10.5 Å². The van der Waals surface area contributed by atoms with Gasteiger partial charge in [-0.05, 0) is 31.9 Å². The topological polar surface area (TPSA) is 118 Å². The first kappa shape index (κ1) is 18.9. The number of halogens is 3. The Morgan fingerprint density at radius 1 is 1.24 bits per heavy atom. The van der Waals surface area contributed by atoms with E-state index in [0.29, 0.717) is 11.5 Å². The molecule has 4 rings (SSSR count). The van der Waals surface area contributed by atoms with E-state index in [2.05, 4.69) is 20.6 Å². The van der Waals surface area contributed by atoms with Crippen molar-refractivity contribution >= 4 is 29.1 Å². The zero-order valence-electron chi connectivity index (χ0n) is 15.0. The van der Waals surface area contributed by atoms with E-state index in [1.807, 2.05) is 5.32 Å². The minimum atomic E-state index is -4.90. The number of aromatic nitrogens is 3. The van der Waals surface area contributed by atoms with Crippen LogP contribution in [0.2, 0.25) is 0 Å². The summed E-state index contributed by atoms with van der Waals surface area (Å²) in [4.78, 5) is 44.3. The maximum absolute atomic E-state index is 13.5. The summed E-state index contributed by atoms with van der Waals surface area (Å²) in [6.45, 7) is 0.711. The molecule has 12 heteroatoms. The highest BCUT2D eigenvalue weighted by atomic mass is 19.4. The van der Waals surface area contributed by atoms with Crippen LogP contribution in [0, 0.1) is 5.92 Å². The Morgan fingerprint density at radius 3 is 2.59 bits per heavy atom. The van der Waals surface area contributed by atoms with Crippen LogP contribution in [0.25, 0.3) is 0 Å². The van der Waals surface area contributed by atoms with Crippen molar-refractivity contribution in [3.63, 3.8) is 0 Å². The van der Waals surface area contributed by atoms with Crippen LogP contribution < -0.4 is 21.5 Å². The van der Waals surface area contributed by atoms with Crippen LogP contribution in [0.3, 0.4) is 0 Å². The largest absolute Gasteiger partial charge is 0.430 e. The van der Waals surface area contributed by atoms with Gasteiger partial charge in [0.2, 0.25) is 11.6 Å². The summed E-state index contributed by atoms with van der Waals surface area (Å²) in [7, 11) is 0. The molecule has 1 aliphatic carbocycles. The van der Waals surface area contributed by atoms with Crippen molar-refractivity contribution in [3.05, 3.63) is 40.6 Å². The Hall–Kier alpha value is -3.44. The molecule has 9 nitrogen and oxygen atoms in total. The zero-order chi connectivity index (χ0) is 21.0. The Bertz CT molecular complexity index is 1080. The number of rotatable bonds is 4. The summed E-state index contributed by atoms with van der Waals surface area (Å²) < 4.78 is 40.9. The number of carbonyl (C=O) groups is 2. The normalized spacial score (nSPS) is 20.8. The monoisotopic (exact) mass is 408 g/mol. The van der Waals surface area contributed by atoms with E-state index in [4.69, 9.17) is 0 Å². The van der Waals surface area contributed by atoms with Gasteiger partial charge in [-0.2, -0.15) is 13.2 Å². The molecule has 152 valence electrons. The Morgan fingerprint density at radius 2 is 1.93 bits per heavy atom. The number of anilines is 3. The average Bonchev–Trinajstić information content (AvgIpc) is 3.43. The van der Waals surface area contributed by atoms with Gasteiger partial charge in [-0.25, -0.2) is 9.97 Å². The third kappa shape index (κ3) is 3.19. The Kier molecular flexibility index (Phi) is 4.10. The van der Waals surface area contributed by atoms with E-state index in [1.165, 1.54) is 12.1 Å². The molecule has 1 fully saturated rings. The quantitative estimate of drug-likeness (QED) is 0.709. The maximum Gasteiger partial charge on any atom is 0.430 e. The van der Waals surface area contributed by atoms with Crippen LogP contribution in [0.15, 0.2) is 29.3 Å². The van der Waals surface area contributed by atoms with Gasteiger partial charge >= 0.3 is 6.18 Å². The molecule has 2 amide bonds. The van der Waals surface area contributed by atoms with E-state index < -0.39 is 29.0 Å². The lowest BCUT2D eigenvalue weighted by Gasteiger charge is -2.29. The van der Waals surface area contributed by atoms with Crippen molar-refractivity contribution in [1.82, 2.24) is 19.9 Å². The van der Waals surface area contributed by atoms with Crippen molar-refractivity contribution in [2.24, 2.45) is 5.92 Å². The highest BCUT2D eigenvalue weighted by Gasteiger charge is 2.59. The highest BCUT2D eigenvalue weighted by Crippen LogP contribution is 2.37. The molecule has 3 heterocycles. The van der Waals surface area contributed by atoms with Gasteiger partial charge in [0, 0.05) is 12.0 Å². The molecule has 1 saturated carbocycles. The summed E-state index contributed by atoms with van der Waals surface area (Å²) in [6, 6.07) is 3.66. The lowest BCUT2D eigenvalue weighted by molar-refractivity contribution is -0.213. The summed E-state index contributed by atoms with van der Waals surface area (Å²) in [5, 5.41) is 7.04. The molecule has 2 aliphatic rings. The van der Waals surface area contributed by atoms with Crippen LogP contribution in [0.4, 0.5) is 30.5 Å². The van der Waals surface area contributed by atoms with E-state index in [1.54, 1.807) is 0 Å². The van der Waals surface area contributed by atoms with Crippen molar-refractivity contribution < 1.29 is 22.8 Å². The molecule has 2 aromatic rings. The predicted molar refractivity (Wildman–Crippen MR) is 94.5 cm³/mol. The highest BCUT2D eigenvalue weighted by molar-refractivity contribution is 5.95. The predicted octanol–water partition coefficient (Wildman–Crippen LogP) is 1.71. The fraction of sp³-hybridized carbons (Fsp3) is 0.353. The lowest BCUT2D eigenvalue weighted by atomic mass is 10.2. The number of alkyl halides is 3. The minimum absolute atomic E-state index is 0.0483. The van der Waals surface area contributed by atoms with E-state index in [9.17, 15) is 27.6 Å². The van der Waals surface area contributed by atoms with Gasteiger partial charge in [0.15, 0.2) is 0 Å². The minimum Gasteiger partial charge on any atom is -0.336 e. The fourth-order valence-corrected chi connectivity index (χ4v) is 3.00. The number of pyridine rings is 1. The standard InChI is InChI=1S/C17H15F3N6O3/c1-16(17(18,19)20)25-14(28)10-5-4-9(15(29)26(10)16)23-11-6-12(22-7-21-11)24-13(27)8-2-3-8/h4-8H,2-3H2,1H3,(H,25,28)(H2,21,22,23,24,27). The second-order valence-electron chi connectivity index (χ2n) is 6.97. The lowest BCUT2D eigenvalue weighted by Crippen LogP contribution is -2.55. The molecule has 0 radical (unpaired) electrons. The fourth-order valence-electron chi connectivity index (χ4n) is 3.00. The van der Waals surface area contributed by atoms with E-state index >= 15 is 0 Å². The average molecular weight is 408 g/mol. The number of carbonyl (C=O) groups excluding carboxylic acids is 2. The summed E-state index contributed by atoms with van der Waals surface area (Å²) in [6.07, 6.45) is -2.15. The Labute approximate surface area is 161 Å². The number of fused-ring (bicyclic) bond motifs is 1. The summed E-state index contributed by atoms with van der Waals surface area (Å²) >= 11 is 0. The van der Waals surface area contributed by atoms with Crippen LogP contribution in [0.1, 0.15) is 30.3 Å². The van der Waals surface area contributed by atoms with Gasteiger partial charge in [0.1, 0.15) is 29.3 Å². The molecule has 0 aromatic carbocycles. The number of hydrogen-bond acceptors (Lipinski definition) is 6. The van der Waals surface area contributed by atoms with Gasteiger partial charge in [-0.1, -0.05) is 0 Å². The molecule has 1 unspecified atom stereocenters. The first-order chi connectivity index (χ1) is 13.6. The molecule has 0 bridgehead atoms. The molecular weight excluding hydrogens is 393 g/mol. The number of amides is 2. The van der Waals surface area contributed by atoms with Crippen molar-refractivity contribution in [2.45, 2.75) is 31.6 Å². The van der Waals surface area contributed by atoms with Gasteiger partial charge < -0.3 is 16.0 Å². The van der Waals surface area contributed by atoms with Gasteiger partial charge in [0.05, 0.1) is 0 Å². The third-order valence-electron chi connectivity index (χ3n) is 4.80.